The van der Waals surface area contributed by atoms with Crippen LogP contribution in [0.4, 0.5) is 0 Å². The second-order valence-electron chi connectivity index (χ2n) is 16.1. The van der Waals surface area contributed by atoms with E-state index in [0.29, 0.717) is 0 Å². The average Bonchev–Trinajstić information content (AvgIpc) is 3.77. The number of hydrogen-bond donors (Lipinski definition) is 0. The summed E-state index contributed by atoms with van der Waals surface area (Å²) in [4.78, 5) is 11.1. The van der Waals surface area contributed by atoms with Crippen LogP contribution in [0.2, 0.25) is 0 Å². The summed E-state index contributed by atoms with van der Waals surface area (Å²) in [6.45, 7) is 4.70. The zero-order chi connectivity index (χ0) is 38.5. The van der Waals surface area contributed by atoms with Gasteiger partial charge in [0.05, 0.1) is 11.4 Å². The van der Waals surface area contributed by atoms with Gasteiger partial charge in [-0.05, 0) is 83.9 Å². The minimum atomic E-state index is -0.200. The molecule has 0 spiro atoms. The summed E-state index contributed by atoms with van der Waals surface area (Å²) in [5.74, 6) is 0.731. The SMILES string of the molecule is CC1(C)c2ccccc2-c2cccc(-c3cc(-c4ccc(-c5cccc6c5sc5ccccc56)cc4)nc(-c4c5ccccc5cc5c4ccc4ccccc45)n3)c21. The van der Waals surface area contributed by atoms with Crippen molar-refractivity contribution in [2.75, 3.05) is 0 Å². The molecule has 2 aromatic heterocycles. The first-order chi connectivity index (χ1) is 28.5. The van der Waals surface area contributed by atoms with Gasteiger partial charge in [-0.2, -0.15) is 0 Å². The quantitative estimate of drug-likeness (QED) is 0.132. The van der Waals surface area contributed by atoms with E-state index in [0.717, 1.165) is 44.7 Å². The predicted molar refractivity (Wildman–Crippen MR) is 247 cm³/mol. The summed E-state index contributed by atoms with van der Waals surface area (Å²) in [5, 5.41) is 9.75. The Morgan fingerprint density at radius 1 is 0.414 bits per heavy atom. The molecule has 0 atom stereocenters. The van der Waals surface area contributed by atoms with E-state index in [-0.39, 0.29) is 5.41 Å². The van der Waals surface area contributed by atoms with E-state index < -0.39 is 0 Å². The van der Waals surface area contributed by atoms with E-state index in [4.69, 9.17) is 9.97 Å². The summed E-state index contributed by atoms with van der Waals surface area (Å²) in [6, 6.07) is 66.4. The highest BCUT2D eigenvalue weighted by molar-refractivity contribution is 7.26. The first-order valence-electron chi connectivity index (χ1n) is 20.0. The smallest absolute Gasteiger partial charge is 0.161 e. The molecule has 11 aromatic rings. The van der Waals surface area contributed by atoms with Gasteiger partial charge in [0.25, 0.3) is 0 Å². The molecule has 9 aromatic carbocycles. The molecule has 0 N–H and O–H groups in total. The minimum Gasteiger partial charge on any atom is -0.228 e. The number of benzene rings is 9. The Kier molecular flexibility index (Phi) is 7.18. The number of fused-ring (bicyclic) bond motifs is 10. The molecule has 1 aliphatic carbocycles. The largest absolute Gasteiger partial charge is 0.228 e. The summed E-state index contributed by atoms with van der Waals surface area (Å²) in [5.41, 5.74) is 12.6. The van der Waals surface area contributed by atoms with E-state index in [1.54, 1.807) is 0 Å². The Hall–Kier alpha value is -6.94. The van der Waals surface area contributed by atoms with Crippen molar-refractivity contribution in [2.24, 2.45) is 0 Å². The topological polar surface area (TPSA) is 25.8 Å². The third kappa shape index (κ3) is 4.90. The monoisotopic (exact) mass is 756 g/mol. The Bertz CT molecular complexity index is 3480. The summed E-state index contributed by atoms with van der Waals surface area (Å²) in [7, 11) is 0. The fraction of sp³-hybridized carbons (Fsp3) is 0.0545. The molecule has 272 valence electrons. The zero-order valence-corrected chi connectivity index (χ0v) is 32.9. The van der Waals surface area contributed by atoms with Gasteiger partial charge in [0.2, 0.25) is 0 Å². The van der Waals surface area contributed by atoms with Gasteiger partial charge in [-0.15, -0.1) is 11.3 Å². The van der Waals surface area contributed by atoms with Crippen molar-refractivity contribution in [3.8, 4) is 56.2 Å². The first kappa shape index (κ1) is 33.2. The van der Waals surface area contributed by atoms with Gasteiger partial charge in [0.15, 0.2) is 5.82 Å². The van der Waals surface area contributed by atoms with Crippen molar-refractivity contribution in [3.05, 3.63) is 193 Å². The van der Waals surface area contributed by atoms with Crippen molar-refractivity contribution >= 4 is 63.8 Å². The first-order valence-corrected chi connectivity index (χ1v) is 20.8. The average molecular weight is 757 g/mol. The molecule has 0 bridgehead atoms. The standard InChI is InChI=1S/C55H36N2S/c1-55(2)47-23-9-7-17-40(47)43-20-12-22-45(52(43)55)49-32-48(35-27-25-34(26-28-35)39-19-11-21-44-41-18-8-10-24-50(41)58-53(39)44)56-54(57-49)51-38-16-6-4-14-36(38)31-46-37-15-5-3-13-33(37)29-30-42(46)51/h3-32H,1-2H3. The number of hydrogen-bond acceptors (Lipinski definition) is 3. The van der Waals surface area contributed by atoms with Crippen LogP contribution in [0.5, 0.6) is 0 Å². The highest BCUT2D eigenvalue weighted by Gasteiger charge is 2.37. The molecular weight excluding hydrogens is 721 g/mol. The molecule has 12 rings (SSSR count). The Balaban J connectivity index is 1.10. The fourth-order valence-corrected chi connectivity index (χ4v) is 11.0. The fourth-order valence-electron chi connectivity index (χ4n) is 9.76. The summed E-state index contributed by atoms with van der Waals surface area (Å²) < 4.78 is 2.63. The normalized spacial score (nSPS) is 13.1. The maximum atomic E-state index is 5.60. The summed E-state index contributed by atoms with van der Waals surface area (Å²) >= 11 is 1.87. The lowest BCUT2D eigenvalue weighted by Gasteiger charge is -2.24. The Morgan fingerprint density at radius 2 is 1.05 bits per heavy atom. The lowest BCUT2D eigenvalue weighted by atomic mass is 9.79. The molecule has 0 fully saturated rings. The van der Waals surface area contributed by atoms with Crippen LogP contribution in [0.3, 0.4) is 0 Å². The van der Waals surface area contributed by atoms with Crippen LogP contribution in [-0.4, -0.2) is 9.97 Å². The molecule has 0 aliphatic heterocycles. The van der Waals surface area contributed by atoms with E-state index in [1.165, 1.54) is 75.1 Å². The molecule has 0 saturated heterocycles. The maximum Gasteiger partial charge on any atom is 0.161 e. The van der Waals surface area contributed by atoms with Crippen molar-refractivity contribution in [3.63, 3.8) is 0 Å². The number of aromatic nitrogens is 2. The minimum absolute atomic E-state index is 0.200. The van der Waals surface area contributed by atoms with E-state index in [2.05, 4.69) is 196 Å². The third-order valence-electron chi connectivity index (χ3n) is 12.5. The molecular formula is C55H36N2S. The van der Waals surface area contributed by atoms with Crippen LogP contribution in [0.25, 0.3) is 109 Å². The van der Waals surface area contributed by atoms with Crippen LogP contribution in [0.15, 0.2) is 182 Å². The maximum absolute atomic E-state index is 5.60. The molecule has 0 amide bonds. The second-order valence-corrected chi connectivity index (χ2v) is 17.1. The van der Waals surface area contributed by atoms with Crippen molar-refractivity contribution < 1.29 is 0 Å². The summed E-state index contributed by atoms with van der Waals surface area (Å²) in [6.07, 6.45) is 0. The lowest BCUT2D eigenvalue weighted by Crippen LogP contribution is -2.16. The predicted octanol–water partition coefficient (Wildman–Crippen LogP) is 15.3. The van der Waals surface area contributed by atoms with Crippen LogP contribution in [0, 0.1) is 0 Å². The van der Waals surface area contributed by atoms with Crippen molar-refractivity contribution in [1.29, 1.82) is 0 Å². The van der Waals surface area contributed by atoms with E-state index in [9.17, 15) is 0 Å². The number of thiophene rings is 1. The molecule has 58 heavy (non-hydrogen) atoms. The van der Waals surface area contributed by atoms with Crippen LogP contribution in [-0.2, 0) is 5.41 Å². The van der Waals surface area contributed by atoms with Gasteiger partial charge in [-0.25, -0.2) is 9.97 Å². The molecule has 2 heterocycles. The van der Waals surface area contributed by atoms with Crippen molar-refractivity contribution in [2.45, 2.75) is 19.3 Å². The Labute approximate surface area is 340 Å². The van der Waals surface area contributed by atoms with Gasteiger partial charge >= 0.3 is 0 Å². The molecule has 3 heteroatoms. The van der Waals surface area contributed by atoms with E-state index >= 15 is 0 Å². The molecule has 0 unspecified atom stereocenters. The van der Waals surface area contributed by atoms with Gasteiger partial charge < -0.3 is 0 Å². The zero-order valence-electron chi connectivity index (χ0n) is 32.1. The Morgan fingerprint density at radius 3 is 1.93 bits per heavy atom. The van der Waals surface area contributed by atoms with Gasteiger partial charge in [-0.3, -0.25) is 0 Å². The molecule has 0 saturated carbocycles. The van der Waals surface area contributed by atoms with Crippen LogP contribution < -0.4 is 0 Å². The van der Waals surface area contributed by atoms with Crippen LogP contribution in [0.1, 0.15) is 25.0 Å². The van der Waals surface area contributed by atoms with Gasteiger partial charge in [-0.1, -0.05) is 178 Å². The number of nitrogens with zero attached hydrogens (tertiary/aromatic N) is 2. The highest BCUT2D eigenvalue weighted by Crippen LogP contribution is 2.52. The third-order valence-corrected chi connectivity index (χ3v) is 13.7. The molecule has 1 aliphatic rings. The van der Waals surface area contributed by atoms with Crippen LogP contribution >= 0.6 is 11.3 Å². The van der Waals surface area contributed by atoms with Gasteiger partial charge in [0.1, 0.15) is 0 Å². The van der Waals surface area contributed by atoms with Crippen molar-refractivity contribution in [1.82, 2.24) is 9.97 Å². The lowest BCUT2D eigenvalue weighted by molar-refractivity contribution is 0.662. The molecule has 2 nitrogen and oxygen atoms in total. The number of rotatable bonds is 4. The second kappa shape index (κ2) is 12.5. The highest BCUT2D eigenvalue weighted by atomic mass is 32.1. The molecule has 0 radical (unpaired) electrons. The van der Waals surface area contributed by atoms with E-state index in [1.807, 2.05) is 11.3 Å². The van der Waals surface area contributed by atoms with Gasteiger partial charge in [0, 0.05) is 42.3 Å².